The van der Waals surface area contributed by atoms with Crippen LogP contribution in [0.15, 0.2) is 18.2 Å². The van der Waals surface area contributed by atoms with Gasteiger partial charge < -0.3 is 20.3 Å². The van der Waals surface area contributed by atoms with Crippen molar-refractivity contribution in [1.82, 2.24) is 0 Å². The van der Waals surface area contributed by atoms with Gasteiger partial charge in [0.1, 0.15) is 5.75 Å². The Balaban J connectivity index is 2.06. The maximum atomic E-state index is 11.1. The smallest absolute Gasteiger partial charge is 0.337 e. The van der Waals surface area contributed by atoms with Gasteiger partial charge in [0.15, 0.2) is 0 Å². The topological polar surface area (TPSA) is 78.8 Å². The second kappa shape index (κ2) is 5.27. The van der Waals surface area contributed by atoms with E-state index in [9.17, 15) is 9.90 Å². The van der Waals surface area contributed by atoms with E-state index in [1.165, 1.54) is 6.07 Å². The number of benzene rings is 1. The number of hydrogen-bond acceptors (Lipinski definition) is 4. The molecule has 1 aromatic carbocycles. The maximum Gasteiger partial charge on any atom is 0.337 e. The van der Waals surface area contributed by atoms with Crippen molar-refractivity contribution in [2.75, 3.05) is 19.0 Å². The molecule has 0 saturated heterocycles. The molecule has 2 rings (SSSR count). The normalized spacial score (nSPS) is 22.1. The fraction of sp³-hybridized carbons (Fsp3) is 0.462. The van der Waals surface area contributed by atoms with Gasteiger partial charge in [-0.1, -0.05) is 0 Å². The molecule has 0 aliphatic heterocycles. The van der Waals surface area contributed by atoms with Crippen LogP contribution in [0.4, 0.5) is 5.69 Å². The van der Waals surface area contributed by atoms with E-state index in [1.807, 2.05) is 0 Å². The highest BCUT2D eigenvalue weighted by molar-refractivity contribution is 5.94. The van der Waals surface area contributed by atoms with E-state index < -0.39 is 5.97 Å². The average Bonchev–Trinajstić information content (AvgIpc) is 2.32. The zero-order valence-corrected chi connectivity index (χ0v) is 10.2. The van der Waals surface area contributed by atoms with E-state index in [0.717, 1.165) is 12.8 Å². The van der Waals surface area contributed by atoms with E-state index >= 15 is 0 Å². The summed E-state index contributed by atoms with van der Waals surface area (Å²) in [6.07, 6.45) is 1.36. The van der Waals surface area contributed by atoms with E-state index in [1.54, 1.807) is 19.2 Å². The van der Waals surface area contributed by atoms with Crippen molar-refractivity contribution in [3.63, 3.8) is 0 Å². The zero-order valence-electron chi connectivity index (χ0n) is 10.2. The van der Waals surface area contributed by atoms with Crippen molar-refractivity contribution >= 4 is 11.7 Å². The number of carboxylic acid groups (broad SMARTS) is 1. The molecule has 0 aromatic heterocycles. The SMILES string of the molecule is COc1ccc(C(=O)O)c(NCC2CC(O)C2)c1. The molecule has 0 amide bonds. The predicted octanol–water partition coefficient (Wildman–Crippen LogP) is 1.58. The van der Waals surface area contributed by atoms with Gasteiger partial charge in [-0.15, -0.1) is 0 Å². The molecule has 0 bridgehead atoms. The number of nitrogens with one attached hydrogen (secondary N) is 1. The van der Waals surface area contributed by atoms with Crippen molar-refractivity contribution < 1.29 is 19.7 Å². The van der Waals surface area contributed by atoms with Crippen molar-refractivity contribution in [1.29, 1.82) is 0 Å². The molecule has 5 nitrogen and oxygen atoms in total. The Morgan fingerprint density at radius 2 is 2.22 bits per heavy atom. The first-order valence-corrected chi connectivity index (χ1v) is 5.93. The Bertz CT molecular complexity index is 441. The van der Waals surface area contributed by atoms with Crippen LogP contribution in [0.1, 0.15) is 23.2 Å². The lowest BCUT2D eigenvalue weighted by Crippen LogP contribution is -2.33. The second-order valence-corrected chi connectivity index (χ2v) is 4.59. The van der Waals surface area contributed by atoms with Gasteiger partial charge in [-0.25, -0.2) is 4.79 Å². The Hall–Kier alpha value is -1.75. The highest BCUT2D eigenvalue weighted by atomic mass is 16.5. The van der Waals surface area contributed by atoms with E-state index in [0.29, 0.717) is 23.9 Å². The monoisotopic (exact) mass is 251 g/mol. The van der Waals surface area contributed by atoms with Crippen LogP contribution in [0.5, 0.6) is 5.75 Å². The third kappa shape index (κ3) is 2.73. The summed E-state index contributed by atoms with van der Waals surface area (Å²) in [4.78, 5) is 11.1. The molecular formula is C13H17NO4. The number of anilines is 1. The van der Waals surface area contributed by atoms with Crippen molar-refractivity contribution in [3.8, 4) is 5.75 Å². The maximum absolute atomic E-state index is 11.1. The van der Waals surface area contributed by atoms with Gasteiger partial charge in [0.2, 0.25) is 0 Å². The molecule has 0 heterocycles. The fourth-order valence-electron chi connectivity index (χ4n) is 2.10. The van der Waals surface area contributed by atoms with Crippen LogP contribution in [0.25, 0.3) is 0 Å². The van der Waals surface area contributed by atoms with Gasteiger partial charge in [0, 0.05) is 12.6 Å². The quantitative estimate of drug-likeness (QED) is 0.740. The number of rotatable bonds is 5. The lowest BCUT2D eigenvalue weighted by molar-refractivity contribution is 0.0486. The molecule has 0 radical (unpaired) electrons. The molecule has 5 heteroatoms. The lowest BCUT2D eigenvalue weighted by atomic mass is 9.82. The molecule has 1 fully saturated rings. The number of hydrogen-bond donors (Lipinski definition) is 3. The Morgan fingerprint density at radius 3 is 2.78 bits per heavy atom. The van der Waals surface area contributed by atoms with Crippen molar-refractivity contribution in [2.45, 2.75) is 18.9 Å². The van der Waals surface area contributed by atoms with Gasteiger partial charge in [-0.3, -0.25) is 0 Å². The third-order valence-corrected chi connectivity index (χ3v) is 3.25. The largest absolute Gasteiger partial charge is 0.497 e. The van der Waals surface area contributed by atoms with E-state index in [4.69, 9.17) is 9.84 Å². The molecule has 1 aliphatic rings. The van der Waals surface area contributed by atoms with E-state index in [-0.39, 0.29) is 11.7 Å². The minimum atomic E-state index is -0.964. The summed E-state index contributed by atoms with van der Waals surface area (Å²) in [6.45, 7) is 0.671. The Morgan fingerprint density at radius 1 is 1.50 bits per heavy atom. The molecular weight excluding hydrogens is 234 g/mol. The number of carbonyl (C=O) groups is 1. The van der Waals surface area contributed by atoms with Crippen molar-refractivity contribution in [3.05, 3.63) is 23.8 Å². The van der Waals surface area contributed by atoms with Crippen LogP contribution >= 0.6 is 0 Å². The first kappa shape index (κ1) is 12.7. The van der Waals surface area contributed by atoms with Crippen LogP contribution < -0.4 is 10.1 Å². The van der Waals surface area contributed by atoms with Crippen molar-refractivity contribution in [2.24, 2.45) is 5.92 Å². The Kier molecular flexibility index (Phi) is 3.72. The summed E-state index contributed by atoms with van der Waals surface area (Å²) < 4.78 is 5.08. The van der Waals surface area contributed by atoms with Gasteiger partial charge in [0.05, 0.1) is 24.5 Å². The molecule has 0 atom stereocenters. The molecule has 1 aromatic rings. The molecule has 3 N–H and O–H groups in total. The minimum absolute atomic E-state index is 0.193. The van der Waals surface area contributed by atoms with E-state index in [2.05, 4.69) is 5.32 Å². The van der Waals surface area contributed by atoms with Gasteiger partial charge in [-0.05, 0) is 30.9 Å². The summed E-state index contributed by atoms with van der Waals surface area (Å²) in [6, 6.07) is 4.83. The molecule has 18 heavy (non-hydrogen) atoms. The predicted molar refractivity (Wildman–Crippen MR) is 67.2 cm³/mol. The second-order valence-electron chi connectivity index (χ2n) is 4.59. The van der Waals surface area contributed by atoms with Crippen LogP contribution in [-0.4, -0.2) is 35.9 Å². The summed E-state index contributed by atoms with van der Waals surface area (Å²) >= 11 is 0. The highest BCUT2D eigenvalue weighted by Gasteiger charge is 2.27. The number of aromatic carboxylic acids is 1. The standard InChI is InChI=1S/C13H17NO4/c1-18-10-2-3-11(13(16)17)12(6-10)14-7-8-4-9(15)5-8/h2-3,6,8-9,14-15H,4-5,7H2,1H3,(H,16,17). The summed E-state index contributed by atoms with van der Waals surface area (Å²) in [5, 5.41) is 21.4. The minimum Gasteiger partial charge on any atom is -0.497 e. The molecule has 0 spiro atoms. The van der Waals surface area contributed by atoms with Crippen LogP contribution in [0.3, 0.4) is 0 Å². The third-order valence-electron chi connectivity index (χ3n) is 3.25. The highest BCUT2D eigenvalue weighted by Crippen LogP contribution is 2.29. The van der Waals surface area contributed by atoms with Gasteiger partial charge >= 0.3 is 5.97 Å². The fourth-order valence-corrected chi connectivity index (χ4v) is 2.10. The Labute approximate surface area is 105 Å². The zero-order chi connectivity index (χ0) is 13.1. The first-order valence-electron chi connectivity index (χ1n) is 5.93. The van der Waals surface area contributed by atoms with Crippen LogP contribution in [-0.2, 0) is 0 Å². The van der Waals surface area contributed by atoms with Gasteiger partial charge in [0.25, 0.3) is 0 Å². The number of ether oxygens (including phenoxy) is 1. The number of aliphatic hydroxyl groups is 1. The summed E-state index contributed by atoms with van der Waals surface area (Å²) in [5.74, 6) is 0.0674. The molecule has 0 unspecified atom stereocenters. The van der Waals surface area contributed by atoms with Gasteiger partial charge in [-0.2, -0.15) is 0 Å². The van der Waals surface area contributed by atoms with Crippen LogP contribution in [0, 0.1) is 5.92 Å². The number of methoxy groups -OCH3 is 1. The summed E-state index contributed by atoms with van der Waals surface area (Å²) in [5.41, 5.74) is 0.791. The molecule has 1 saturated carbocycles. The number of aliphatic hydroxyl groups excluding tert-OH is 1. The first-order chi connectivity index (χ1) is 8.60. The average molecular weight is 251 g/mol. The molecule has 1 aliphatic carbocycles. The lowest BCUT2D eigenvalue weighted by Gasteiger charge is -2.31. The number of carboxylic acids is 1. The van der Waals surface area contributed by atoms with Crippen LogP contribution in [0.2, 0.25) is 0 Å². The summed E-state index contributed by atoms with van der Waals surface area (Å²) in [7, 11) is 1.54. The molecule has 98 valence electrons.